The lowest BCUT2D eigenvalue weighted by molar-refractivity contribution is 0.405. The second-order valence-electron chi connectivity index (χ2n) is 4.97. The highest BCUT2D eigenvalue weighted by atomic mass is 35.5. The molecular weight excluding hydrogens is 274 g/mol. The molecule has 1 aromatic heterocycles. The molecule has 2 N–H and O–H groups in total. The number of nitrogens with two attached hydrogens (primary N) is 1. The maximum absolute atomic E-state index is 9.18. The summed E-state index contributed by atoms with van der Waals surface area (Å²) in [5.74, 6) is 1.45. The molecule has 1 heterocycles. The molecule has 0 bridgehead atoms. The van der Waals surface area contributed by atoms with Crippen molar-refractivity contribution in [2.75, 3.05) is 5.73 Å². The first-order chi connectivity index (χ1) is 9.51. The van der Waals surface area contributed by atoms with E-state index in [4.69, 9.17) is 22.1 Å². The monoisotopic (exact) mass is 289 g/mol. The summed E-state index contributed by atoms with van der Waals surface area (Å²) in [4.78, 5) is 0. The van der Waals surface area contributed by atoms with Gasteiger partial charge in [-0.15, -0.1) is 0 Å². The summed E-state index contributed by atoms with van der Waals surface area (Å²) < 4.78 is 7.60. The molecule has 0 unspecified atom stereocenters. The van der Waals surface area contributed by atoms with Crippen molar-refractivity contribution in [1.82, 2.24) is 4.57 Å². The van der Waals surface area contributed by atoms with Crippen LogP contribution in [0.1, 0.15) is 19.5 Å². The van der Waals surface area contributed by atoms with Crippen molar-refractivity contribution in [1.29, 1.82) is 5.26 Å². The van der Waals surface area contributed by atoms with Gasteiger partial charge in [0.25, 0.3) is 0 Å². The van der Waals surface area contributed by atoms with Crippen LogP contribution in [-0.2, 0) is 6.54 Å². The van der Waals surface area contributed by atoms with Crippen LogP contribution >= 0.6 is 11.6 Å². The molecule has 0 saturated heterocycles. The number of anilines is 1. The molecule has 0 atom stereocenters. The van der Waals surface area contributed by atoms with Crippen LogP contribution in [0.15, 0.2) is 30.3 Å². The Morgan fingerprint density at radius 1 is 1.40 bits per heavy atom. The summed E-state index contributed by atoms with van der Waals surface area (Å²) in [6, 6.07) is 10.8. The maximum atomic E-state index is 9.18. The number of nitrogens with zero attached hydrogens (tertiary/aromatic N) is 2. The first kappa shape index (κ1) is 14.3. The SMILES string of the molecule is CC(C)Cn1c(C#N)cc(N)c1Oc1cccc(Cl)c1. The predicted octanol–water partition coefficient (Wildman–Crippen LogP) is 4.04. The van der Waals surface area contributed by atoms with Gasteiger partial charge >= 0.3 is 0 Å². The van der Waals surface area contributed by atoms with Crippen molar-refractivity contribution in [2.24, 2.45) is 5.92 Å². The van der Waals surface area contributed by atoms with Gasteiger partial charge in [0.2, 0.25) is 5.88 Å². The fraction of sp³-hybridized carbons (Fsp3) is 0.267. The Morgan fingerprint density at radius 3 is 2.75 bits per heavy atom. The molecule has 0 saturated carbocycles. The van der Waals surface area contributed by atoms with Gasteiger partial charge in [-0.2, -0.15) is 5.26 Å². The second-order valence-corrected chi connectivity index (χ2v) is 5.40. The molecule has 1 aromatic carbocycles. The fourth-order valence-electron chi connectivity index (χ4n) is 1.95. The number of aromatic nitrogens is 1. The quantitative estimate of drug-likeness (QED) is 0.923. The Morgan fingerprint density at radius 2 is 2.15 bits per heavy atom. The Bertz CT molecular complexity index is 656. The molecule has 0 spiro atoms. The van der Waals surface area contributed by atoms with Crippen molar-refractivity contribution >= 4 is 17.3 Å². The van der Waals surface area contributed by atoms with Gasteiger partial charge in [0.05, 0.1) is 5.69 Å². The van der Waals surface area contributed by atoms with Crippen molar-refractivity contribution in [2.45, 2.75) is 20.4 Å². The third-order valence-electron chi connectivity index (χ3n) is 2.75. The fourth-order valence-corrected chi connectivity index (χ4v) is 2.13. The summed E-state index contributed by atoms with van der Waals surface area (Å²) in [7, 11) is 0. The topological polar surface area (TPSA) is 64.0 Å². The van der Waals surface area contributed by atoms with Crippen LogP contribution in [0.25, 0.3) is 0 Å². The van der Waals surface area contributed by atoms with Crippen LogP contribution in [0, 0.1) is 17.2 Å². The summed E-state index contributed by atoms with van der Waals surface area (Å²) in [5, 5.41) is 9.76. The minimum absolute atomic E-state index is 0.371. The molecule has 0 fully saturated rings. The Kier molecular flexibility index (Phi) is 4.21. The lowest BCUT2D eigenvalue weighted by atomic mass is 10.2. The number of ether oxygens (including phenoxy) is 1. The zero-order chi connectivity index (χ0) is 14.7. The first-order valence-electron chi connectivity index (χ1n) is 6.33. The molecule has 20 heavy (non-hydrogen) atoms. The molecule has 2 rings (SSSR count). The molecule has 0 amide bonds. The van der Waals surface area contributed by atoms with Gasteiger partial charge in [0.15, 0.2) is 0 Å². The molecular formula is C15H16ClN3O. The molecule has 0 radical (unpaired) electrons. The summed E-state index contributed by atoms with van der Waals surface area (Å²) in [6.07, 6.45) is 0. The van der Waals surface area contributed by atoms with E-state index in [0.29, 0.717) is 40.5 Å². The number of nitrogen functional groups attached to an aromatic ring is 1. The van der Waals surface area contributed by atoms with Crippen LogP contribution in [0.3, 0.4) is 0 Å². The van der Waals surface area contributed by atoms with E-state index >= 15 is 0 Å². The summed E-state index contributed by atoms with van der Waals surface area (Å²) >= 11 is 5.94. The Balaban J connectivity index is 2.40. The van der Waals surface area contributed by atoms with E-state index in [-0.39, 0.29) is 0 Å². The summed E-state index contributed by atoms with van der Waals surface area (Å²) in [5.41, 5.74) is 6.89. The number of nitriles is 1. The van der Waals surface area contributed by atoms with Crippen LogP contribution < -0.4 is 10.5 Å². The van der Waals surface area contributed by atoms with E-state index in [1.165, 1.54) is 0 Å². The second kappa shape index (κ2) is 5.89. The van der Waals surface area contributed by atoms with Crippen LogP contribution in [0.5, 0.6) is 11.6 Å². The largest absolute Gasteiger partial charge is 0.439 e. The van der Waals surface area contributed by atoms with E-state index in [1.54, 1.807) is 34.9 Å². The van der Waals surface area contributed by atoms with Crippen molar-refractivity contribution in [3.05, 3.63) is 41.0 Å². The van der Waals surface area contributed by atoms with Gasteiger partial charge < -0.3 is 15.0 Å². The smallest absolute Gasteiger partial charge is 0.224 e. The van der Waals surface area contributed by atoms with E-state index in [9.17, 15) is 5.26 Å². The van der Waals surface area contributed by atoms with Crippen molar-refractivity contribution in [3.63, 3.8) is 0 Å². The van der Waals surface area contributed by atoms with Crippen LogP contribution in [0.2, 0.25) is 5.02 Å². The zero-order valence-electron chi connectivity index (χ0n) is 11.4. The molecule has 5 heteroatoms. The van der Waals surface area contributed by atoms with Gasteiger partial charge in [-0.05, 0) is 24.1 Å². The lowest BCUT2D eigenvalue weighted by Gasteiger charge is -2.14. The summed E-state index contributed by atoms with van der Waals surface area (Å²) in [6.45, 7) is 4.80. The third kappa shape index (κ3) is 3.06. The highest BCUT2D eigenvalue weighted by Crippen LogP contribution is 2.32. The van der Waals surface area contributed by atoms with Crippen LogP contribution in [-0.4, -0.2) is 4.57 Å². The normalized spacial score (nSPS) is 10.6. The Hall–Kier alpha value is -2.12. The Labute approximate surface area is 123 Å². The minimum Gasteiger partial charge on any atom is -0.439 e. The van der Waals surface area contributed by atoms with Gasteiger partial charge in [-0.3, -0.25) is 0 Å². The maximum Gasteiger partial charge on any atom is 0.224 e. The lowest BCUT2D eigenvalue weighted by Crippen LogP contribution is -2.08. The number of rotatable bonds is 4. The van der Waals surface area contributed by atoms with E-state index in [2.05, 4.69) is 19.9 Å². The highest BCUT2D eigenvalue weighted by molar-refractivity contribution is 6.30. The average Bonchev–Trinajstić information content (AvgIpc) is 2.66. The van der Waals surface area contributed by atoms with E-state index in [0.717, 1.165) is 0 Å². The first-order valence-corrected chi connectivity index (χ1v) is 6.71. The molecule has 104 valence electrons. The van der Waals surface area contributed by atoms with E-state index < -0.39 is 0 Å². The number of hydrogen-bond donors (Lipinski definition) is 1. The molecule has 4 nitrogen and oxygen atoms in total. The number of halogens is 1. The predicted molar refractivity (Wildman–Crippen MR) is 79.9 cm³/mol. The molecule has 0 aliphatic carbocycles. The molecule has 0 aliphatic rings. The zero-order valence-corrected chi connectivity index (χ0v) is 12.2. The minimum atomic E-state index is 0.371. The van der Waals surface area contributed by atoms with Crippen LogP contribution in [0.4, 0.5) is 5.69 Å². The van der Waals surface area contributed by atoms with Crippen molar-refractivity contribution < 1.29 is 4.74 Å². The average molecular weight is 290 g/mol. The van der Waals surface area contributed by atoms with Gasteiger partial charge in [0, 0.05) is 17.6 Å². The number of benzene rings is 1. The molecule has 2 aromatic rings. The van der Waals surface area contributed by atoms with E-state index in [1.807, 2.05) is 0 Å². The van der Waals surface area contributed by atoms with Gasteiger partial charge in [-0.25, -0.2) is 0 Å². The van der Waals surface area contributed by atoms with Crippen molar-refractivity contribution in [3.8, 4) is 17.7 Å². The van der Waals surface area contributed by atoms with Gasteiger partial charge in [0.1, 0.15) is 17.5 Å². The molecule has 0 aliphatic heterocycles. The van der Waals surface area contributed by atoms with Gasteiger partial charge in [-0.1, -0.05) is 31.5 Å². The third-order valence-corrected chi connectivity index (χ3v) is 2.98. The standard InChI is InChI=1S/C15H16ClN3O/c1-10(2)9-19-12(8-17)7-14(18)15(19)20-13-5-3-4-11(16)6-13/h3-7,10H,9,18H2,1-2H3. The highest BCUT2D eigenvalue weighted by Gasteiger charge is 2.16. The number of hydrogen-bond acceptors (Lipinski definition) is 3.